The third-order valence-corrected chi connectivity index (χ3v) is 3.60. The molecule has 130 valence electrons. The molecule has 2 rings (SSSR count). The zero-order chi connectivity index (χ0) is 18.6. The Morgan fingerprint density at radius 3 is 2.56 bits per heavy atom. The summed E-state index contributed by atoms with van der Waals surface area (Å²) >= 11 is 0. The SMILES string of the molecule is C=CC(=N)c1cc(-c2cc(C(C)F)ncc2OC)c(C(=O)OC)cn1. The Hall–Kier alpha value is -3.09. The standard InChI is InChI=1S/C18H18FN3O3/c1-5-14(20)16-6-11(13(8-21-16)18(23)25-4)12-7-15(10(2)19)22-9-17(12)24-3/h5-10,20H,1H2,2-4H3. The first-order chi connectivity index (χ1) is 11.9. The van der Waals surface area contributed by atoms with E-state index in [1.165, 1.54) is 45.7 Å². The van der Waals surface area contributed by atoms with Gasteiger partial charge in [0.2, 0.25) is 0 Å². The topological polar surface area (TPSA) is 85.2 Å². The Balaban J connectivity index is 2.78. The van der Waals surface area contributed by atoms with Crippen molar-refractivity contribution in [2.24, 2.45) is 0 Å². The van der Waals surface area contributed by atoms with Crippen molar-refractivity contribution in [1.82, 2.24) is 9.97 Å². The van der Waals surface area contributed by atoms with Crippen molar-refractivity contribution in [2.75, 3.05) is 14.2 Å². The number of carbonyl (C=O) groups is 1. The van der Waals surface area contributed by atoms with Gasteiger partial charge in [0.25, 0.3) is 0 Å². The minimum Gasteiger partial charge on any atom is -0.494 e. The fraction of sp³-hybridized carbons (Fsp3) is 0.222. The molecule has 0 saturated carbocycles. The van der Waals surface area contributed by atoms with Crippen LogP contribution in [0, 0.1) is 5.41 Å². The largest absolute Gasteiger partial charge is 0.494 e. The molecule has 0 spiro atoms. The molecular weight excluding hydrogens is 325 g/mol. The fourth-order valence-corrected chi connectivity index (χ4v) is 2.25. The molecule has 0 aliphatic heterocycles. The van der Waals surface area contributed by atoms with Crippen LogP contribution in [0.3, 0.4) is 0 Å². The van der Waals surface area contributed by atoms with Crippen LogP contribution in [0.1, 0.15) is 34.8 Å². The number of allylic oxidation sites excluding steroid dienone is 1. The van der Waals surface area contributed by atoms with Crippen LogP contribution < -0.4 is 4.74 Å². The minimum atomic E-state index is -1.29. The molecule has 6 nitrogen and oxygen atoms in total. The highest BCUT2D eigenvalue weighted by atomic mass is 19.1. The lowest BCUT2D eigenvalue weighted by Crippen LogP contribution is -2.08. The van der Waals surface area contributed by atoms with Gasteiger partial charge in [0, 0.05) is 17.3 Å². The summed E-state index contributed by atoms with van der Waals surface area (Å²) in [5, 5.41) is 7.87. The first-order valence-electron chi connectivity index (χ1n) is 7.41. The first kappa shape index (κ1) is 18.3. The van der Waals surface area contributed by atoms with Gasteiger partial charge in [0.15, 0.2) is 0 Å². The lowest BCUT2D eigenvalue weighted by Gasteiger charge is -2.14. The quantitative estimate of drug-likeness (QED) is 0.641. The van der Waals surface area contributed by atoms with Crippen molar-refractivity contribution in [3.05, 3.63) is 54.1 Å². The Morgan fingerprint density at radius 2 is 2.00 bits per heavy atom. The van der Waals surface area contributed by atoms with Gasteiger partial charge in [-0.15, -0.1) is 0 Å². The number of methoxy groups -OCH3 is 2. The second kappa shape index (κ2) is 7.65. The van der Waals surface area contributed by atoms with Crippen LogP contribution in [-0.2, 0) is 4.74 Å². The van der Waals surface area contributed by atoms with Crippen LogP contribution in [0.5, 0.6) is 5.75 Å². The number of esters is 1. The molecule has 0 aliphatic rings. The maximum absolute atomic E-state index is 13.7. The van der Waals surface area contributed by atoms with Gasteiger partial charge < -0.3 is 9.47 Å². The van der Waals surface area contributed by atoms with Gasteiger partial charge >= 0.3 is 5.97 Å². The van der Waals surface area contributed by atoms with Gasteiger partial charge in [-0.05, 0) is 25.1 Å². The molecule has 0 aliphatic carbocycles. The average molecular weight is 343 g/mol. The van der Waals surface area contributed by atoms with Gasteiger partial charge in [-0.3, -0.25) is 15.4 Å². The number of hydrogen-bond donors (Lipinski definition) is 1. The second-order valence-electron chi connectivity index (χ2n) is 5.15. The normalized spacial score (nSPS) is 11.5. The van der Waals surface area contributed by atoms with Crippen LogP contribution in [0.4, 0.5) is 4.39 Å². The van der Waals surface area contributed by atoms with Crippen molar-refractivity contribution in [3.63, 3.8) is 0 Å². The van der Waals surface area contributed by atoms with Crippen molar-refractivity contribution in [1.29, 1.82) is 5.41 Å². The van der Waals surface area contributed by atoms with E-state index in [-0.39, 0.29) is 17.0 Å². The molecule has 2 aromatic heterocycles. The maximum Gasteiger partial charge on any atom is 0.340 e. The highest BCUT2D eigenvalue weighted by molar-refractivity contribution is 6.07. The monoisotopic (exact) mass is 343 g/mol. The smallest absolute Gasteiger partial charge is 0.340 e. The third kappa shape index (κ3) is 3.71. The first-order valence-corrected chi connectivity index (χ1v) is 7.41. The van der Waals surface area contributed by atoms with Crippen molar-refractivity contribution in [2.45, 2.75) is 13.1 Å². The van der Waals surface area contributed by atoms with E-state index in [9.17, 15) is 9.18 Å². The fourth-order valence-electron chi connectivity index (χ4n) is 2.25. The molecule has 0 amide bonds. The third-order valence-electron chi connectivity index (χ3n) is 3.60. The predicted molar refractivity (Wildman–Crippen MR) is 91.9 cm³/mol. The van der Waals surface area contributed by atoms with Gasteiger partial charge in [0.1, 0.15) is 11.9 Å². The van der Waals surface area contributed by atoms with E-state index in [4.69, 9.17) is 14.9 Å². The summed E-state index contributed by atoms with van der Waals surface area (Å²) in [5.41, 5.74) is 1.63. The van der Waals surface area contributed by atoms with Gasteiger partial charge in [0.05, 0.1) is 43.1 Å². The summed E-state index contributed by atoms with van der Waals surface area (Å²) in [4.78, 5) is 20.2. The van der Waals surface area contributed by atoms with E-state index >= 15 is 0 Å². The number of nitrogens with zero attached hydrogens (tertiary/aromatic N) is 2. The molecule has 1 N–H and O–H groups in total. The second-order valence-corrected chi connectivity index (χ2v) is 5.15. The summed E-state index contributed by atoms with van der Waals surface area (Å²) in [6, 6.07) is 3.05. The average Bonchev–Trinajstić information content (AvgIpc) is 2.65. The Morgan fingerprint density at radius 1 is 1.28 bits per heavy atom. The molecule has 0 bridgehead atoms. The highest BCUT2D eigenvalue weighted by Crippen LogP contribution is 2.34. The number of hydrogen-bond acceptors (Lipinski definition) is 6. The maximum atomic E-state index is 13.7. The summed E-state index contributed by atoms with van der Waals surface area (Å²) < 4.78 is 23.8. The Kier molecular flexibility index (Phi) is 5.59. The molecule has 0 saturated heterocycles. The number of alkyl halides is 1. The van der Waals surface area contributed by atoms with Crippen LogP contribution >= 0.6 is 0 Å². The molecule has 0 radical (unpaired) electrons. The molecule has 1 atom stereocenters. The van der Waals surface area contributed by atoms with Crippen LogP contribution in [0.15, 0.2) is 37.2 Å². The number of nitrogens with one attached hydrogen (secondary N) is 1. The molecule has 0 fully saturated rings. The number of rotatable bonds is 6. The van der Waals surface area contributed by atoms with Crippen LogP contribution in [0.2, 0.25) is 0 Å². The zero-order valence-electron chi connectivity index (χ0n) is 14.2. The molecule has 1 unspecified atom stereocenters. The zero-order valence-corrected chi connectivity index (χ0v) is 14.2. The number of aromatic nitrogens is 2. The van der Waals surface area contributed by atoms with E-state index in [2.05, 4.69) is 16.5 Å². The summed E-state index contributed by atoms with van der Waals surface area (Å²) in [6.45, 7) is 4.91. The Bertz CT molecular complexity index is 834. The summed E-state index contributed by atoms with van der Waals surface area (Å²) in [7, 11) is 2.70. The number of ether oxygens (including phenoxy) is 2. The van der Waals surface area contributed by atoms with E-state index in [1.54, 1.807) is 6.07 Å². The number of halogens is 1. The van der Waals surface area contributed by atoms with Crippen LogP contribution in [0.25, 0.3) is 11.1 Å². The number of carbonyl (C=O) groups excluding carboxylic acids is 1. The van der Waals surface area contributed by atoms with E-state index < -0.39 is 12.1 Å². The summed E-state index contributed by atoms with van der Waals surface area (Å²) in [5.74, 6) is -0.246. The van der Waals surface area contributed by atoms with Crippen molar-refractivity contribution >= 4 is 11.7 Å². The lowest BCUT2D eigenvalue weighted by atomic mass is 9.98. The predicted octanol–water partition coefficient (Wildman–Crippen LogP) is 3.52. The minimum absolute atomic E-state index is 0.0878. The van der Waals surface area contributed by atoms with Crippen molar-refractivity contribution < 1.29 is 18.7 Å². The molecule has 0 aromatic carbocycles. The number of pyridine rings is 2. The van der Waals surface area contributed by atoms with Gasteiger partial charge in [-0.2, -0.15) is 0 Å². The summed E-state index contributed by atoms with van der Waals surface area (Å²) in [6.07, 6.45) is 2.75. The van der Waals surface area contributed by atoms with E-state index in [1.807, 2.05) is 0 Å². The van der Waals surface area contributed by atoms with E-state index in [0.717, 1.165) is 0 Å². The highest BCUT2D eigenvalue weighted by Gasteiger charge is 2.20. The molecule has 25 heavy (non-hydrogen) atoms. The van der Waals surface area contributed by atoms with E-state index in [0.29, 0.717) is 22.6 Å². The Labute approximate surface area is 144 Å². The van der Waals surface area contributed by atoms with Gasteiger partial charge in [-0.25, -0.2) is 9.18 Å². The lowest BCUT2D eigenvalue weighted by molar-refractivity contribution is 0.0601. The molecule has 7 heteroatoms. The molecular formula is C18H18FN3O3. The van der Waals surface area contributed by atoms with Gasteiger partial charge in [-0.1, -0.05) is 6.58 Å². The molecule has 2 aromatic rings. The molecule has 2 heterocycles. The van der Waals surface area contributed by atoms with Crippen LogP contribution in [-0.4, -0.2) is 35.9 Å². The van der Waals surface area contributed by atoms with Crippen molar-refractivity contribution in [3.8, 4) is 16.9 Å².